The molecule has 0 fully saturated rings. The van der Waals surface area contributed by atoms with Crippen molar-refractivity contribution in [1.82, 2.24) is 19.7 Å². The first-order valence-corrected chi connectivity index (χ1v) is 11.1. The minimum atomic E-state index is -0.560. The van der Waals surface area contributed by atoms with Gasteiger partial charge in [-0.25, -0.2) is 9.48 Å². The molecule has 2 aromatic heterocycles. The van der Waals surface area contributed by atoms with Crippen LogP contribution in [-0.4, -0.2) is 51.0 Å². The summed E-state index contributed by atoms with van der Waals surface area (Å²) in [6.45, 7) is 4.26. The van der Waals surface area contributed by atoms with E-state index in [4.69, 9.17) is 4.74 Å². The average Bonchev–Trinajstić information content (AvgIpc) is 3.38. The minimum Gasteiger partial charge on any atom is -0.465 e. The maximum absolute atomic E-state index is 13.3. The number of hydrogen-bond donors (Lipinski definition) is 1. The summed E-state index contributed by atoms with van der Waals surface area (Å²) in [7, 11) is 1.34. The second-order valence-electron chi connectivity index (χ2n) is 8.43. The SMILES string of the molecule is COC(=O)c1ccc2[nH]c3c(c2c1)CN(C(=O)C(=O)c1c(C)nn(-c2ccccc2)c1C)CC3. The van der Waals surface area contributed by atoms with Crippen LogP contribution in [0.1, 0.15) is 43.4 Å². The average molecular weight is 457 g/mol. The number of aryl methyl sites for hydroxylation is 1. The van der Waals surface area contributed by atoms with Crippen molar-refractivity contribution in [1.29, 1.82) is 0 Å². The molecule has 1 aliphatic heterocycles. The van der Waals surface area contributed by atoms with Crippen molar-refractivity contribution in [3.63, 3.8) is 0 Å². The Morgan fingerprint density at radius 1 is 1.06 bits per heavy atom. The fourth-order valence-corrected chi connectivity index (χ4v) is 4.67. The molecule has 0 saturated carbocycles. The van der Waals surface area contributed by atoms with Gasteiger partial charge < -0.3 is 14.6 Å². The van der Waals surface area contributed by atoms with Crippen LogP contribution in [0.2, 0.25) is 0 Å². The molecule has 1 amide bonds. The number of para-hydroxylation sites is 1. The molecule has 0 atom stereocenters. The number of fused-ring (bicyclic) bond motifs is 3. The summed E-state index contributed by atoms with van der Waals surface area (Å²) in [5, 5.41) is 5.36. The van der Waals surface area contributed by atoms with Gasteiger partial charge in [-0.1, -0.05) is 18.2 Å². The molecule has 0 radical (unpaired) electrons. The number of esters is 1. The molecule has 172 valence electrons. The van der Waals surface area contributed by atoms with Gasteiger partial charge >= 0.3 is 5.97 Å². The zero-order valence-corrected chi connectivity index (χ0v) is 19.2. The summed E-state index contributed by atoms with van der Waals surface area (Å²) in [6, 6.07) is 14.8. The highest BCUT2D eigenvalue weighted by Crippen LogP contribution is 2.29. The normalized spacial score (nSPS) is 13.1. The number of carbonyl (C=O) groups excluding carboxylic acids is 3. The Kier molecular flexibility index (Phi) is 5.28. The highest BCUT2D eigenvalue weighted by molar-refractivity contribution is 6.43. The number of carbonyl (C=O) groups is 3. The first-order chi connectivity index (χ1) is 16.4. The van der Waals surface area contributed by atoms with Crippen molar-refractivity contribution in [2.75, 3.05) is 13.7 Å². The van der Waals surface area contributed by atoms with E-state index in [-0.39, 0.29) is 6.54 Å². The van der Waals surface area contributed by atoms with E-state index in [2.05, 4.69) is 10.1 Å². The first-order valence-electron chi connectivity index (χ1n) is 11.1. The summed E-state index contributed by atoms with van der Waals surface area (Å²) in [6.07, 6.45) is 0.595. The molecule has 1 aliphatic rings. The molecule has 0 saturated heterocycles. The number of methoxy groups -OCH3 is 1. The Hall–Kier alpha value is -4.20. The summed E-state index contributed by atoms with van der Waals surface area (Å²) in [4.78, 5) is 43.5. The van der Waals surface area contributed by atoms with Gasteiger partial charge in [0.25, 0.3) is 11.7 Å². The monoisotopic (exact) mass is 456 g/mol. The number of ether oxygens (including phenoxy) is 1. The zero-order valence-electron chi connectivity index (χ0n) is 19.2. The number of Topliss-reactive ketones (excluding diaryl/α,β-unsaturated/α-hetero) is 1. The highest BCUT2D eigenvalue weighted by atomic mass is 16.5. The number of rotatable bonds is 4. The molecule has 34 heavy (non-hydrogen) atoms. The standard InChI is InChI=1S/C26H24N4O4/c1-15-23(16(2)30(28-15)18-7-5-4-6-8-18)24(31)25(32)29-12-11-22-20(14-29)19-13-17(26(33)34-3)9-10-21(19)27-22/h4-10,13,27H,11-12,14H2,1-3H3. The third-order valence-electron chi connectivity index (χ3n) is 6.40. The first kappa shape index (κ1) is 21.6. The van der Waals surface area contributed by atoms with Crippen LogP contribution in [0, 0.1) is 13.8 Å². The van der Waals surface area contributed by atoms with E-state index in [0.29, 0.717) is 35.5 Å². The van der Waals surface area contributed by atoms with Gasteiger partial charge in [0.2, 0.25) is 0 Å². The Balaban J connectivity index is 1.45. The van der Waals surface area contributed by atoms with Gasteiger partial charge in [0.15, 0.2) is 0 Å². The molecule has 0 spiro atoms. The summed E-state index contributed by atoms with van der Waals surface area (Å²) >= 11 is 0. The predicted octanol–water partition coefficient (Wildman–Crippen LogP) is 3.52. The maximum atomic E-state index is 13.3. The fraction of sp³-hybridized carbons (Fsp3) is 0.231. The topological polar surface area (TPSA) is 97.3 Å². The predicted molar refractivity (Wildman–Crippen MR) is 126 cm³/mol. The zero-order chi connectivity index (χ0) is 24.0. The number of ketones is 1. The molecule has 0 aliphatic carbocycles. The van der Waals surface area contributed by atoms with E-state index < -0.39 is 17.7 Å². The molecular formula is C26H24N4O4. The van der Waals surface area contributed by atoms with Crippen LogP contribution >= 0.6 is 0 Å². The van der Waals surface area contributed by atoms with Gasteiger partial charge in [0.05, 0.1) is 35.3 Å². The maximum Gasteiger partial charge on any atom is 0.337 e. The minimum absolute atomic E-state index is 0.287. The van der Waals surface area contributed by atoms with Crippen LogP contribution in [0.3, 0.4) is 0 Å². The largest absolute Gasteiger partial charge is 0.465 e. The van der Waals surface area contributed by atoms with Gasteiger partial charge in [-0.2, -0.15) is 5.10 Å². The van der Waals surface area contributed by atoms with Gasteiger partial charge in [0.1, 0.15) is 0 Å². The Morgan fingerprint density at radius 3 is 2.56 bits per heavy atom. The van der Waals surface area contributed by atoms with Crippen molar-refractivity contribution in [3.05, 3.63) is 82.3 Å². The molecule has 5 rings (SSSR count). The van der Waals surface area contributed by atoms with Crippen LogP contribution in [0.4, 0.5) is 0 Å². The number of nitrogens with one attached hydrogen (secondary N) is 1. The van der Waals surface area contributed by atoms with Crippen molar-refractivity contribution < 1.29 is 19.1 Å². The second kappa shape index (κ2) is 8.30. The molecule has 4 aromatic rings. The second-order valence-corrected chi connectivity index (χ2v) is 8.43. The number of nitrogens with zero attached hydrogens (tertiary/aromatic N) is 3. The van der Waals surface area contributed by atoms with Crippen LogP contribution in [-0.2, 0) is 22.5 Å². The third-order valence-corrected chi connectivity index (χ3v) is 6.40. The number of aromatic nitrogens is 3. The number of H-pyrrole nitrogens is 1. The van der Waals surface area contributed by atoms with E-state index >= 15 is 0 Å². The summed E-state index contributed by atoms with van der Waals surface area (Å²) in [5.74, 6) is -1.53. The van der Waals surface area contributed by atoms with Crippen LogP contribution in [0.25, 0.3) is 16.6 Å². The van der Waals surface area contributed by atoms with Crippen LogP contribution in [0.15, 0.2) is 48.5 Å². The summed E-state index contributed by atoms with van der Waals surface area (Å²) in [5.41, 5.74) is 5.58. The lowest BCUT2D eigenvalue weighted by atomic mass is 10.0. The molecule has 0 unspecified atom stereocenters. The lowest BCUT2D eigenvalue weighted by Crippen LogP contribution is -2.40. The van der Waals surface area contributed by atoms with Crippen molar-refractivity contribution in [2.24, 2.45) is 0 Å². The van der Waals surface area contributed by atoms with E-state index in [1.54, 1.807) is 35.6 Å². The smallest absolute Gasteiger partial charge is 0.337 e. The molecule has 2 aromatic carbocycles. The molecule has 0 bridgehead atoms. The van der Waals surface area contributed by atoms with Crippen LogP contribution < -0.4 is 0 Å². The van der Waals surface area contributed by atoms with E-state index in [0.717, 1.165) is 27.8 Å². The third kappa shape index (κ3) is 3.48. The Bertz CT molecular complexity index is 1450. The molecule has 8 nitrogen and oxygen atoms in total. The van der Waals surface area contributed by atoms with Gasteiger partial charge in [-0.05, 0) is 44.2 Å². The highest BCUT2D eigenvalue weighted by Gasteiger charge is 2.32. The van der Waals surface area contributed by atoms with E-state index in [9.17, 15) is 14.4 Å². The van der Waals surface area contributed by atoms with E-state index in [1.807, 2.05) is 36.4 Å². The lowest BCUT2D eigenvalue weighted by Gasteiger charge is -2.26. The Labute approximate surface area is 196 Å². The molecular weight excluding hydrogens is 432 g/mol. The Morgan fingerprint density at radius 2 is 1.82 bits per heavy atom. The van der Waals surface area contributed by atoms with Crippen molar-refractivity contribution >= 4 is 28.6 Å². The van der Waals surface area contributed by atoms with Crippen LogP contribution in [0.5, 0.6) is 0 Å². The van der Waals surface area contributed by atoms with Crippen molar-refractivity contribution in [2.45, 2.75) is 26.8 Å². The lowest BCUT2D eigenvalue weighted by molar-refractivity contribution is -0.127. The van der Waals surface area contributed by atoms with Crippen molar-refractivity contribution in [3.8, 4) is 5.69 Å². The fourth-order valence-electron chi connectivity index (χ4n) is 4.67. The van der Waals surface area contributed by atoms with Gasteiger partial charge in [-0.15, -0.1) is 0 Å². The number of hydrogen-bond acceptors (Lipinski definition) is 5. The summed E-state index contributed by atoms with van der Waals surface area (Å²) < 4.78 is 6.53. The molecule has 1 N–H and O–H groups in total. The molecule has 3 heterocycles. The quantitative estimate of drug-likeness (QED) is 0.288. The molecule has 8 heteroatoms. The van der Waals surface area contributed by atoms with Gasteiger partial charge in [0, 0.05) is 41.7 Å². The number of benzene rings is 2. The number of aromatic amines is 1. The van der Waals surface area contributed by atoms with E-state index in [1.165, 1.54) is 7.11 Å². The van der Waals surface area contributed by atoms with Gasteiger partial charge in [-0.3, -0.25) is 9.59 Å². The number of amides is 1.